The molecule has 3 rings (SSSR count). The summed E-state index contributed by atoms with van der Waals surface area (Å²) >= 11 is 11.6. The zero-order valence-corrected chi connectivity index (χ0v) is 15.0. The van der Waals surface area contributed by atoms with E-state index in [9.17, 15) is 9.18 Å². The van der Waals surface area contributed by atoms with Gasteiger partial charge in [0, 0.05) is 29.6 Å². The van der Waals surface area contributed by atoms with E-state index in [0.29, 0.717) is 28.5 Å². The van der Waals surface area contributed by atoms with Crippen molar-refractivity contribution < 1.29 is 9.18 Å². The number of amides is 1. The summed E-state index contributed by atoms with van der Waals surface area (Å²) in [6, 6.07) is 13.1. The normalized spacial score (nSPS) is 10.4. The summed E-state index contributed by atoms with van der Waals surface area (Å²) in [5.74, 6) is -0.907. The molecule has 26 heavy (non-hydrogen) atoms. The second-order valence-corrected chi connectivity index (χ2v) is 6.37. The first-order chi connectivity index (χ1) is 12.5. The van der Waals surface area contributed by atoms with Gasteiger partial charge in [-0.15, -0.1) is 0 Å². The summed E-state index contributed by atoms with van der Waals surface area (Å²) in [4.78, 5) is 16.4. The first-order valence-electron chi connectivity index (χ1n) is 7.71. The number of carbonyl (C=O) groups excluding carboxylic acids is 1. The van der Waals surface area contributed by atoms with E-state index < -0.39 is 5.82 Å². The second-order valence-electron chi connectivity index (χ2n) is 5.53. The van der Waals surface area contributed by atoms with Crippen molar-refractivity contribution in [3.63, 3.8) is 0 Å². The minimum absolute atomic E-state index is 0.0562. The predicted molar refractivity (Wildman–Crippen MR) is 102 cm³/mol. The van der Waals surface area contributed by atoms with Gasteiger partial charge in [0.15, 0.2) is 0 Å². The van der Waals surface area contributed by atoms with Crippen molar-refractivity contribution in [3.8, 4) is 0 Å². The second kappa shape index (κ2) is 8.17. The summed E-state index contributed by atoms with van der Waals surface area (Å²) < 4.78 is 13.2. The molecular formula is C19H14Cl2FN3O. The summed E-state index contributed by atoms with van der Waals surface area (Å²) in [6.07, 6.45) is 3.08. The van der Waals surface area contributed by atoms with Gasteiger partial charge >= 0.3 is 0 Å². The lowest BCUT2D eigenvalue weighted by Crippen LogP contribution is -2.13. The Morgan fingerprint density at radius 2 is 1.77 bits per heavy atom. The van der Waals surface area contributed by atoms with Crippen LogP contribution in [0.4, 0.5) is 15.8 Å². The van der Waals surface area contributed by atoms with Crippen LogP contribution >= 0.6 is 23.2 Å². The number of pyridine rings is 1. The van der Waals surface area contributed by atoms with Crippen LogP contribution < -0.4 is 10.6 Å². The standard InChI is InChI=1S/C19H14Cl2FN3O/c20-14-3-1-12(2-4-14)9-24-16-7-13(10-23-11-16)19(26)25-15-5-6-18(22)17(21)8-15/h1-8,10-11,24H,9H2,(H,25,26). The van der Waals surface area contributed by atoms with Crippen molar-refractivity contribution in [2.75, 3.05) is 10.6 Å². The SMILES string of the molecule is O=C(Nc1ccc(F)c(Cl)c1)c1cncc(NCc2ccc(Cl)cc2)c1. The van der Waals surface area contributed by atoms with E-state index in [0.717, 1.165) is 5.56 Å². The molecule has 3 aromatic rings. The van der Waals surface area contributed by atoms with Crippen LogP contribution in [0.15, 0.2) is 60.9 Å². The van der Waals surface area contributed by atoms with Crippen LogP contribution in [-0.4, -0.2) is 10.9 Å². The van der Waals surface area contributed by atoms with Gasteiger partial charge in [-0.1, -0.05) is 35.3 Å². The minimum atomic E-state index is -0.542. The average molecular weight is 390 g/mol. The number of nitrogens with one attached hydrogen (secondary N) is 2. The van der Waals surface area contributed by atoms with Crippen LogP contribution in [0.25, 0.3) is 0 Å². The fourth-order valence-electron chi connectivity index (χ4n) is 2.24. The van der Waals surface area contributed by atoms with Crippen LogP contribution in [0.5, 0.6) is 0 Å². The molecule has 7 heteroatoms. The topological polar surface area (TPSA) is 54.0 Å². The minimum Gasteiger partial charge on any atom is -0.380 e. The molecule has 0 unspecified atom stereocenters. The van der Waals surface area contributed by atoms with Crippen LogP contribution in [0.2, 0.25) is 10.0 Å². The molecule has 1 heterocycles. The summed E-state index contributed by atoms with van der Waals surface area (Å²) in [5, 5.41) is 6.48. The van der Waals surface area contributed by atoms with Crippen LogP contribution in [0, 0.1) is 5.82 Å². The van der Waals surface area contributed by atoms with Gasteiger partial charge in [0.2, 0.25) is 0 Å². The van der Waals surface area contributed by atoms with Crippen molar-refractivity contribution in [2.45, 2.75) is 6.54 Å². The van der Waals surface area contributed by atoms with Gasteiger partial charge in [0.05, 0.1) is 16.3 Å². The maximum atomic E-state index is 13.2. The fraction of sp³-hybridized carbons (Fsp3) is 0.0526. The number of hydrogen-bond donors (Lipinski definition) is 2. The van der Waals surface area contributed by atoms with Gasteiger partial charge in [-0.3, -0.25) is 9.78 Å². The summed E-state index contributed by atoms with van der Waals surface area (Å²) in [7, 11) is 0. The lowest BCUT2D eigenvalue weighted by molar-refractivity contribution is 0.102. The van der Waals surface area contributed by atoms with E-state index in [2.05, 4.69) is 15.6 Å². The molecule has 132 valence electrons. The van der Waals surface area contributed by atoms with Crippen molar-refractivity contribution >= 4 is 40.5 Å². The van der Waals surface area contributed by atoms with E-state index in [-0.39, 0.29) is 10.9 Å². The molecule has 0 atom stereocenters. The maximum Gasteiger partial charge on any atom is 0.257 e. The average Bonchev–Trinajstić information content (AvgIpc) is 2.64. The lowest BCUT2D eigenvalue weighted by atomic mass is 10.2. The monoisotopic (exact) mass is 389 g/mol. The number of hydrogen-bond acceptors (Lipinski definition) is 3. The Morgan fingerprint density at radius 1 is 1.00 bits per heavy atom. The zero-order chi connectivity index (χ0) is 18.5. The Morgan fingerprint density at radius 3 is 2.50 bits per heavy atom. The molecule has 0 bridgehead atoms. The highest BCUT2D eigenvalue weighted by Crippen LogP contribution is 2.20. The number of rotatable bonds is 5. The Hall–Kier alpha value is -2.63. The Balaban J connectivity index is 1.66. The van der Waals surface area contributed by atoms with Gasteiger partial charge in [-0.25, -0.2) is 4.39 Å². The van der Waals surface area contributed by atoms with Gasteiger partial charge in [-0.05, 0) is 42.0 Å². The first kappa shape index (κ1) is 18.2. The van der Waals surface area contributed by atoms with Gasteiger partial charge in [0.25, 0.3) is 5.91 Å². The van der Waals surface area contributed by atoms with Crippen LogP contribution in [0.3, 0.4) is 0 Å². The maximum absolute atomic E-state index is 13.2. The third kappa shape index (κ3) is 4.71. The molecule has 0 spiro atoms. The highest BCUT2D eigenvalue weighted by atomic mass is 35.5. The van der Waals surface area contributed by atoms with E-state index in [1.807, 2.05) is 24.3 Å². The molecule has 2 N–H and O–H groups in total. The molecular weight excluding hydrogens is 376 g/mol. The van der Waals surface area contributed by atoms with Gasteiger partial charge < -0.3 is 10.6 Å². The Bertz CT molecular complexity index is 932. The molecule has 4 nitrogen and oxygen atoms in total. The molecule has 0 aliphatic rings. The molecule has 0 saturated heterocycles. The van der Waals surface area contributed by atoms with Crippen LogP contribution in [-0.2, 0) is 6.54 Å². The molecule has 0 fully saturated rings. The highest BCUT2D eigenvalue weighted by molar-refractivity contribution is 6.31. The predicted octanol–water partition coefficient (Wildman–Crippen LogP) is 5.39. The largest absolute Gasteiger partial charge is 0.380 e. The summed E-state index contributed by atoms with van der Waals surface area (Å²) in [6.45, 7) is 0.567. The number of benzene rings is 2. The molecule has 1 amide bonds. The van der Waals surface area contributed by atoms with E-state index >= 15 is 0 Å². The third-order valence-electron chi connectivity index (χ3n) is 3.59. The first-order valence-corrected chi connectivity index (χ1v) is 8.46. The fourth-order valence-corrected chi connectivity index (χ4v) is 2.55. The van der Waals surface area contributed by atoms with Crippen molar-refractivity contribution in [1.82, 2.24) is 4.98 Å². The molecule has 0 saturated carbocycles. The highest BCUT2D eigenvalue weighted by Gasteiger charge is 2.09. The number of carbonyl (C=O) groups is 1. The number of anilines is 2. The Kier molecular flexibility index (Phi) is 5.71. The third-order valence-corrected chi connectivity index (χ3v) is 4.13. The van der Waals surface area contributed by atoms with Crippen molar-refractivity contribution in [1.29, 1.82) is 0 Å². The molecule has 2 aromatic carbocycles. The summed E-state index contributed by atoms with van der Waals surface area (Å²) in [5.41, 5.74) is 2.52. The quantitative estimate of drug-likeness (QED) is 0.614. The molecule has 1 aromatic heterocycles. The van der Waals surface area contributed by atoms with Crippen molar-refractivity contribution in [3.05, 3.63) is 87.9 Å². The molecule has 0 aliphatic heterocycles. The zero-order valence-electron chi connectivity index (χ0n) is 13.5. The van der Waals surface area contributed by atoms with E-state index in [4.69, 9.17) is 23.2 Å². The van der Waals surface area contributed by atoms with E-state index in [1.54, 1.807) is 12.3 Å². The number of halogens is 3. The van der Waals surface area contributed by atoms with Gasteiger partial charge in [0.1, 0.15) is 5.82 Å². The molecule has 0 radical (unpaired) electrons. The lowest BCUT2D eigenvalue weighted by Gasteiger charge is -2.09. The molecule has 0 aliphatic carbocycles. The number of nitrogens with zero attached hydrogens (tertiary/aromatic N) is 1. The van der Waals surface area contributed by atoms with Gasteiger partial charge in [-0.2, -0.15) is 0 Å². The van der Waals surface area contributed by atoms with Crippen molar-refractivity contribution in [2.24, 2.45) is 0 Å². The van der Waals surface area contributed by atoms with Crippen LogP contribution in [0.1, 0.15) is 15.9 Å². The number of aromatic nitrogens is 1. The van der Waals surface area contributed by atoms with E-state index in [1.165, 1.54) is 24.4 Å². The smallest absolute Gasteiger partial charge is 0.257 e. The Labute approximate surface area is 160 Å².